The zero-order chi connectivity index (χ0) is 10.8. The summed E-state index contributed by atoms with van der Waals surface area (Å²) in [5.41, 5.74) is 7.13. The lowest BCUT2D eigenvalue weighted by atomic mass is 9.87. The van der Waals surface area contributed by atoms with Gasteiger partial charge >= 0.3 is 0 Å². The van der Waals surface area contributed by atoms with Gasteiger partial charge in [-0.1, -0.05) is 13.8 Å². The molecule has 0 unspecified atom stereocenters. The fourth-order valence-electron chi connectivity index (χ4n) is 1.34. The average molecular weight is 195 g/mol. The molecule has 0 aliphatic heterocycles. The van der Waals surface area contributed by atoms with E-state index in [9.17, 15) is 0 Å². The van der Waals surface area contributed by atoms with E-state index < -0.39 is 0 Å². The standard InChI is InChI=1S/C12H21NO/c1-9-7-11(14-10(9)2)5-6-12(3,4)8-13/h7H,5-6,8,13H2,1-4H3. The second-order valence-corrected chi connectivity index (χ2v) is 4.82. The van der Waals surface area contributed by atoms with Crippen molar-refractivity contribution in [1.82, 2.24) is 0 Å². The van der Waals surface area contributed by atoms with Crippen molar-refractivity contribution in [3.05, 3.63) is 23.2 Å². The molecule has 2 nitrogen and oxygen atoms in total. The molecular formula is C12H21NO. The van der Waals surface area contributed by atoms with Crippen molar-refractivity contribution >= 4 is 0 Å². The van der Waals surface area contributed by atoms with E-state index in [1.807, 2.05) is 6.92 Å². The predicted molar refractivity (Wildman–Crippen MR) is 59.3 cm³/mol. The summed E-state index contributed by atoms with van der Waals surface area (Å²) in [6, 6.07) is 2.13. The number of furan rings is 1. The summed E-state index contributed by atoms with van der Waals surface area (Å²) in [6.07, 6.45) is 2.06. The monoisotopic (exact) mass is 195 g/mol. The molecular weight excluding hydrogens is 174 g/mol. The summed E-state index contributed by atoms with van der Waals surface area (Å²) in [4.78, 5) is 0. The van der Waals surface area contributed by atoms with Crippen molar-refractivity contribution in [2.24, 2.45) is 11.1 Å². The molecule has 80 valence electrons. The molecule has 0 aliphatic rings. The van der Waals surface area contributed by atoms with Gasteiger partial charge in [-0.05, 0) is 43.9 Å². The van der Waals surface area contributed by atoms with Gasteiger partial charge in [0.1, 0.15) is 11.5 Å². The van der Waals surface area contributed by atoms with Crippen molar-refractivity contribution in [3.63, 3.8) is 0 Å². The maximum Gasteiger partial charge on any atom is 0.104 e. The molecule has 0 radical (unpaired) electrons. The number of hydrogen-bond donors (Lipinski definition) is 1. The Labute approximate surface area is 86.5 Å². The number of aryl methyl sites for hydroxylation is 3. The van der Waals surface area contributed by atoms with E-state index in [2.05, 4.69) is 26.8 Å². The Kier molecular flexibility index (Phi) is 3.38. The SMILES string of the molecule is Cc1cc(CCC(C)(C)CN)oc1C. The lowest BCUT2D eigenvalue weighted by Gasteiger charge is -2.21. The first-order valence-electron chi connectivity index (χ1n) is 5.20. The van der Waals surface area contributed by atoms with E-state index in [4.69, 9.17) is 10.2 Å². The molecule has 2 N–H and O–H groups in total. The zero-order valence-electron chi connectivity index (χ0n) is 9.68. The maximum absolute atomic E-state index is 5.67. The highest BCUT2D eigenvalue weighted by molar-refractivity contribution is 5.18. The summed E-state index contributed by atoms with van der Waals surface area (Å²) < 4.78 is 5.61. The van der Waals surface area contributed by atoms with Gasteiger partial charge in [-0.3, -0.25) is 0 Å². The lowest BCUT2D eigenvalue weighted by molar-refractivity contribution is 0.332. The van der Waals surface area contributed by atoms with Crippen LogP contribution in [0.2, 0.25) is 0 Å². The molecule has 14 heavy (non-hydrogen) atoms. The van der Waals surface area contributed by atoms with E-state index >= 15 is 0 Å². The molecule has 2 heteroatoms. The Hall–Kier alpha value is -0.760. The van der Waals surface area contributed by atoms with Crippen LogP contribution < -0.4 is 5.73 Å². The van der Waals surface area contributed by atoms with E-state index in [-0.39, 0.29) is 5.41 Å². The first-order valence-corrected chi connectivity index (χ1v) is 5.20. The van der Waals surface area contributed by atoms with Gasteiger partial charge in [0.05, 0.1) is 0 Å². The summed E-state index contributed by atoms with van der Waals surface area (Å²) in [7, 11) is 0. The number of rotatable bonds is 4. The van der Waals surface area contributed by atoms with E-state index in [0.29, 0.717) is 0 Å². The fraction of sp³-hybridized carbons (Fsp3) is 0.667. The van der Waals surface area contributed by atoms with Crippen molar-refractivity contribution in [1.29, 1.82) is 0 Å². The van der Waals surface area contributed by atoms with Crippen molar-refractivity contribution in [2.45, 2.75) is 40.5 Å². The zero-order valence-corrected chi connectivity index (χ0v) is 9.68. The Bertz CT molecular complexity index is 280. The molecule has 1 heterocycles. The van der Waals surface area contributed by atoms with Crippen LogP contribution in [0.3, 0.4) is 0 Å². The first kappa shape index (κ1) is 11.3. The highest BCUT2D eigenvalue weighted by atomic mass is 16.3. The van der Waals surface area contributed by atoms with Crippen LogP contribution in [-0.2, 0) is 6.42 Å². The molecule has 1 rings (SSSR count). The smallest absolute Gasteiger partial charge is 0.104 e. The summed E-state index contributed by atoms with van der Waals surface area (Å²) in [5.74, 6) is 2.12. The van der Waals surface area contributed by atoms with Gasteiger partial charge in [-0.25, -0.2) is 0 Å². The minimum absolute atomic E-state index is 0.217. The van der Waals surface area contributed by atoms with Crippen LogP contribution in [0.4, 0.5) is 0 Å². The molecule has 0 saturated heterocycles. The molecule has 1 aromatic rings. The van der Waals surface area contributed by atoms with Crippen LogP contribution in [0, 0.1) is 19.3 Å². The lowest BCUT2D eigenvalue weighted by Crippen LogP contribution is -2.23. The highest BCUT2D eigenvalue weighted by Gasteiger charge is 2.16. The maximum atomic E-state index is 5.67. The summed E-state index contributed by atoms with van der Waals surface area (Å²) in [6.45, 7) is 9.19. The molecule has 0 atom stereocenters. The first-order chi connectivity index (χ1) is 6.44. The topological polar surface area (TPSA) is 39.2 Å². The predicted octanol–water partition coefficient (Wildman–Crippen LogP) is 2.81. The molecule has 0 aromatic carbocycles. The fourth-order valence-corrected chi connectivity index (χ4v) is 1.34. The molecule has 0 saturated carbocycles. The van der Waals surface area contributed by atoms with Crippen LogP contribution in [0.5, 0.6) is 0 Å². The van der Waals surface area contributed by atoms with Crippen LogP contribution in [0.1, 0.15) is 37.4 Å². The Morgan fingerprint density at radius 1 is 1.36 bits per heavy atom. The van der Waals surface area contributed by atoms with Crippen LogP contribution in [-0.4, -0.2) is 6.54 Å². The normalized spacial score (nSPS) is 12.1. The van der Waals surface area contributed by atoms with Crippen molar-refractivity contribution in [3.8, 4) is 0 Å². The number of nitrogens with two attached hydrogens (primary N) is 1. The van der Waals surface area contributed by atoms with Gasteiger partial charge < -0.3 is 10.2 Å². The molecule has 0 aliphatic carbocycles. The highest BCUT2D eigenvalue weighted by Crippen LogP contribution is 2.23. The van der Waals surface area contributed by atoms with Crippen LogP contribution in [0.15, 0.2) is 10.5 Å². The minimum Gasteiger partial charge on any atom is -0.466 e. The van der Waals surface area contributed by atoms with E-state index in [0.717, 1.165) is 30.9 Å². The third-order valence-electron chi connectivity index (χ3n) is 2.82. The van der Waals surface area contributed by atoms with Gasteiger partial charge in [0.15, 0.2) is 0 Å². The summed E-state index contributed by atoms with van der Waals surface area (Å²) >= 11 is 0. The second kappa shape index (κ2) is 4.18. The van der Waals surface area contributed by atoms with Crippen molar-refractivity contribution in [2.75, 3.05) is 6.54 Å². The molecule has 0 spiro atoms. The number of hydrogen-bond acceptors (Lipinski definition) is 2. The van der Waals surface area contributed by atoms with E-state index in [1.165, 1.54) is 5.56 Å². The van der Waals surface area contributed by atoms with Gasteiger partial charge in [0, 0.05) is 6.42 Å². The van der Waals surface area contributed by atoms with E-state index in [1.54, 1.807) is 0 Å². The van der Waals surface area contributed by atoms with Gasteiger partial charge in [-0.15, -0.1) is 0 Å². The molecule has 0 amide bonds. The largest absolute Gasteiger partial charge is 0.466 e. The van der Waals surface area contributed by atoms with Gasteiger partial charge in [0.2, 0.25) is 0 Å². The van der Waals surface area contributed by atoms with Gasteiger partial charge in [0.25, 0.3) is 0 Å². The van der Waals surface area contributed by atoms with Crippen molar-refractivity contribution < 1.29 is 4.42 Å². The summed E-state index contributed by atoms with van der Waals surface area (Å²) in [5, 5.41) is 0. The Balaban J connectivity index is 2.54. The second-order valence-electron chi connectivity index (χ2n) is 4.82. The molecule has 0 fully saturated rings. The molecule has 0 bridgehead atoms. The van der Waals surface area contributed by atoms with Crippen LogP contribution >= 0.6 is 0 Å². The Morgan fingerprint density at radius 3 is 2.43 bits per heavy atom. The van der Waals surface area contributed by atoms with Gasteiger partial charge in [-0.2, -0.15) is 0 Å². The third-order valence-corrected chi connectivity index (χ3v) is 2.82. The third kappa shape index (κ3) is 2.88. The van der Waals surface area contributed by atoms with Crippen LogP contribution in [0.25, 0.3) is 0 Å². The quantitative estimate of drug-likeness (QED) is 0.802. The minimum atomic E-state index is 0.217. The average Bonchev–Trinajstić information content (AvgIpc) is 2.44. The molecule has 1 aromatic heterocycles. The Morgan fingerprint density at radius 2 is 2.00 bits per heavy atom.